The van der Waals surface area contributed by atoms with Gasteiger partial charge in [-0.2, -0.15) is 0 Å². The van der Waals surface area contributed by atoms with Crippen molar-refractivity contribution >= 4 is 5.96 Å². The number of rotatable bonds is 8. The van der Waals surface area contributed by atoms with Gasteiger partial charge in [-0.1, -0.05) is 18.2 Å². The molecule has 0 aliphatic heterocycles. The van der Waals surface area contributed by atoms with Crippen LogP contribution in [0.1, 0.15) is 23.9 Å². The summed E-state index contributed by atoms with van der Waals surface area (Å²) in [5.41, 5.74) is 3.29. The van der Waals surface area contributed by atoms with E-state index in [1.807, 2.05) is 30.3 Å². The van der Waals surface area contributed by atoms with Gasteiger partial charge in [-0.3, -0.25) is 4.98 Å². The first-order valence-corrected chi connectivity index (χ1v) is 9.87. The fourth-order valence-corrected chi connectivity index (χ4v) is 2.95. The Labute approximate surface area is 172 Å². The lowest BCUT2D eigenvalue weighted by molar-refractivity contribution is 0.301. The van der Waals surface area contributed by atoms with Crippen LogP contribution in [0.25, 0.3) is 0 Å². The third-order valence-corrected chi connectivity index (χ3v) is 4.59. The molecular formula is C23H29N5O. The number of guanidine groups is 1. The van der Waals surface area contributed by atoms with Crippen LogP contribution < -0.4 is 10.1 Å². The number of hydrogen-bond acceptors (Lipinski definition) is 3. The molecule has 0 radical (unpaired) electrons. The standard InChI is InChI=1S/C23H29N5O/c1-4-24-23(28(3)17-21-9-7-15-27(21)2)26-16-19-10-12-22(13-11-19)29-18-20-8-5-6-14-25-20/h5-15H,4,16-18H2,1-3H3,(H,24,26). The third kappa shape index (κ3) is 6.10. The third-order valence-electron chi connectivity index (χ3n) is 4.59. The molecule has 3 aromatic rings. The Bertz CT molecular complexity index is 903. The van der Waals surface area contributed by atoms with Gasteiger partial charge in [0.05, 0.1) is 18.8 Å². The summed E-state index contributed by atoms with van der Waals surface area (Å²) in [6, 6.07) is 18.1. The number of benzene rings is 1. The molecule has 2 heterocycles. The van der Waals surface area contributed by atoms with Crippen LogP contribution in [0.5, 0.6) is 5.75 Å². The average Bonchev–Trinajstić information content (AvgIpc) is 3.15. The molecule has 0 aliphatic carbocycles. The van der Waals surface area contributed by atoms with Gasteiger partial charge in [-0.15, -0.1) is 0 Å². The highest BCUT2D eigenvalue weighted by Gasteiger charge is 2.08. The molecule has 0 atom stereocenters. The Morgan fingerprint density at radius 3 is 2.62 bits per heavy atom. The van der Waals surface area contributed by atoms with E-state index in [9.17, 15) is 0 Å². The number of pyridine rings is 1. The minimum Gasteiger partial charge on any atom is -0.487 e. The zero-order valence-corrected chi connectivity index (χ0v) is 17.4. The molecule has 0 unspecified atom stereocenters. The van der Waals surface area contributed by atoms with Crippen molar-refractivity contribution in [3.05, 3.63) is 83.9 Å². The van der Waals surface area contributed by atoms with Crippen LogP contribution in [0.3, 0.4) is 0 Å². The number of nitrogens with zero attached hydrogens (tertiary/aromatic N) is 4. The number of aryl methyl sites for hydroxylation is 1. The van der Waals surface area contributed by atoms with Crippen molar-refractivity contribution < 1.29 is 4.74 Å². The topological polar surface area (TPSA) is 54.7 Å². The Hall–Kier alpha value is -3.28. The Morgan fingerprint density at radius 2 is 1.97 bits per heavy atom. The van der Waals surface area contributed by atoms with Crippen molar-refractivity contribution in [2.75, 3.05) is 13.6 Å². The molecule has 3 rings (SSSR count). The minimum absolute atomic E-state index is 0.465. The van der Waals surface area contributed by atoms with Crippen LogP contribution in [0, 0.1) is 0 Å². The molecule has 29 heavy (non-hydrogen) atoms. The fourth-order valence-electron chi connectivity index (χ4n) is 2.95. The minimum atomic E-state index is 0.465. The summed E-state index contributed by atoms with van der Waals surface area (Å²) >= 11 is 0. The molecule has 6 nitrogen and oxygen atoms in total. The largest absolute Gasteiger partial charge is 0.487 e. The number of hydrogen-bond donors (Lipinski definition) is 1. The maximum Gasteiger partial charge on any atom is 0.194 e. The van der Waals surface area contributed by atoms with Gasteiger partial charge in [0.2, 0.25) is 0 Å². The van der Waals surface area contributed by atoms with Crippen molar-refractivity contribution in [1.29, 1.82) is 0 Å². The maximum absolute atomic E-state index is 5.80. The molecule has 0 saturated heterocycles. The maximum atomic E-state index is 5.80. The lowest BCUT2D eigenvalue weighted by Gasteiger charge is -2.22. The first-order valence-electron chi connectivity index (χ1n) is 9.87. The summed E-state index contributed by atoms with van der Waals surface area (Å²) in [7, 11) is 4.12. The quantitative estimate of drug-likeness (QED) is 0.471. The van der Waals surface area contributed by atoms with E-state index in [1.54, 1.807) is 6.20 Å². The van der Waals surface area contributed by atoms with E-state index in [-0.39, 0.29) is 0 Å². The van der Waals surface area contributed by atoms with E-state index in [1.165, 1.54) is 5.69 Å². The Morgan fingerprint density at radius 1 is 1.14 bits per heavy atom. The summed E-state index contributed by atoms with van der Waals surface area (Å²) < 4.78 is 7.93. The number of aliphatic imine (C=N–C) groups is 1. The molecule has 0 amide bonds. The van der Waals surface area contributed by atoms with Gasteiger partial charge in [0.1, 0.15) is 12.4 Å². The molecule has 2 aromatic heterocycles. The van der Waals surface area contributed by atoms with Gasteiger partial charge in [0.15, 0.2) is 5.96 Å². The second-order valence-corrected chi connectivity index (χ2v) is 6.89. The molecule has 0 saturated carbocycles. The zero-order chi connectivity index (χ0) is 20.5. The van der Waals surface area contributed by atoms with Crippen LogP contribution in [-0.4, -0.2) is 34.0 Å². The highest BCUT2D eigenvalue weighted by molar-refractivity contribution is 5.79. The van der Waals surface area contributed by atoms with E-state index in [0.717, 1.165) is 36.1 Å². The van der Waals surface area contributed by atoms with Crippen molar-refractivity contribution in [3.63, 3.8) is 0 Å². The SMILES string of the molecule is CCNC(=NCc1ccc(OCc2ccccn2)cc1)N(C)Cc1cccn1C. The van der Waals surface area contributed by atoms with Gasteiger partial charge in [0, 0.05) is 38.7 Å². The van der Waals surface area contributed by atoms with Gasteiger partial charge >= 0.3 is 0 Å². The Balaban J connectivity index is 1.57. The molecule has 0 aliphatic rings. The van der Waals surface area contributed by atoms with E-state index in [0.29, 0.717) is 13.2 Å². The average molecular weight is 392 g/mol. The van der Waals surface area contributed by atoms with Crippen LogP contribution in [0.2, 0.25) is 0 Å². The molecule has 0 spiro atoms. The molecule has 152 valence electrons. The monoisotopic (exact) mass is 391 g/mol. The summed E-state index contributed by atoms with van der Waals surface area (Å²) in [6.45, 7) is 4.79. The van der Waals surface area contributed by atoms with E-state index in [2.05, 4.69) is 71.2 Å². The number of aromatic nitrogens is 2. The second-order valence-electron chi connectivity index (χ2n) is 6.89. The van der Waals surface area contributed by atoms with Gasteiger partial charge in [-0.25, -0.2) is 4.99 Å². The smallest absolute Gasteiger partial charge is 0.194 e. The van der Waals surface area contributed by atoms with E-state index < -0.39 is 0 Å². The van der Waals surface area contributed by atoms with E-state index >= 15 is 0 Å². The van der Waals surface area contributed by atoms with E-state index in [4.69, 9.17) is 9.73 Å². The van der Waals surface area contributed by atoms with Crippen LogP contribution in [-0.2, 0) is 26.7 Å². The molecule has 0 fully saturated rings. The van der Waals surface area contributed by atoms with Crippen LogP contribution in [0.4, 0.5) is 0 Å². The molecule has 1 N–H and O–H groups in total. The zero-order valence-electron chi connectivity index (χ0n) is 17.4. The molecule has 0 bridgehead atoms. The number of nitrogens with one attached hydrogen (secondary N) is 1. The summed E-state index contributed by atoms with van der Waals surface area (Å²) in [4.78, 5) is 11.2. The van der Waals surface area contributed by atoms with Crippen molar-refractivity contribution in [1.82, 2.24) is 19.8 Å². The summed E-state index contributed by atoms with van der Waals surface area (Å²) in [5, 5.41) is 3.37. The lowest BCUT2D eigenvalue weighted by Crippen LogP contribution is -2.38. The second kappa shape index (κ2) is 10.3. The Kier molecular flexibility index (Phi) is 7.28. The molecule has 1 aromatic carbocycles. The summed E-state index contributed by atoms with van der Waals surface area (Å²) in [6.07, 6.45) is 3.83. The van der Waals surface area contributed by atoms with Gasteiger partial charge in [0.25, 0.3) is 0 Å². The molecular weight excluding hydrogens is 362 g/mol. The fraction of sp³-hybridized carbons (Fsp3) is 0.304. The highest BCUT2D eigenvalue weighted by Crippen LogP contribution is 2.14. The first-order chi connectivity index (χ1) is 14.2. The van der Waals surface area contributed by atoms with Crippen molar-refractivity contribution in [2.45, 2.75) is 26.6 Å². The van der Waals surface area contributed by atoms with Crippen LogP contribution >= 0.6 is 0 Å². The van der Waals surface area contributed by atoms with Gasteiger partial charge in [-0.05, 0) is 48.9 Å². The highest BCUT2D eigenvalue weighted by atomic mass is 16.5. The van der Waals surface area contributed by atoms with Crippen molar-refractivity contribution in [3.8, 4) is 5.75 Å². The predicted molar refractivity (Wildman–Crippen MR) is 117 cm³/mol. The van der Waals surface area contributed by atoms with Crippen molar-refractivity contribution in [2.24, 2.45) is 12.0 Å². The first kappa shape index (κ1) is 20.5. The molecule has 6 heteroatoms. The summed E-state index contributed by atoms with van der Waals surface area (Å²) in [5.74, 6) is 1.72. The normalized spacial score (nSPS) is 11.3. The number of ether oxygens (including phenoxy) is 1. The van der Waals surface area contributed by atoms with Gasteiger partial charge < -0.3 is 19.5 Å². The van der Waals surface area contributed by atoms with Crippen LogP contribution in [0.15, 0.2) is 72.0 Å². The predicted octanol–water partition coefficient (Wildman–Crippen LogP) is 3.60. The lowest BCUT2D eigenvalue weighted by atomic mass is 10.2.